The van der Waals surface area contributed by atoms with E-state index in [1.165, 1.54) is 13.3 Å². The first-order valence-corrected chi connectivity index (χ1v) is 13.5. The third kappa shape index (κ3) is 3.80. The summed E-state index contributed by atoms with van der Waals surface area (Å²) in [4.78, 5) is 34.0. The summed E-state index contributed by atoms with van der Waals surface area (Å²) >= 11 is 0. The van der Waals surface area contributed by atoms with E-state index in [1.54, 1.807) is 42.7 Å². The van der Waals surface area contributed by atoms with Crippen LogP contribution in [0, 0.1) is 0 Å². The number of imidazole rings is 1. The van der Waals surface area contributed by atoms with Crippen molar-refractivity contribution in [1.82, 2.24) is 44.0 Å². The number of H-pyrrole nitrogens is 1. The van der Waals surface area contributed by atoms with Crippen molar-refractivity contribution in [3.63, 3.8) is 0 Å². The topological polar surface area (TPSA) is 139 Å². The maximum absolute atomic E-state index is 13.9. The predicted octanol–water partition coefficient (Wildman–Crippen LogP) is 3.63. The van der Waals surface area contributed by atoms with Gasteiger partial charge in [-0.1, -0.05) is 6.07 Å². The lowest BCUT2D eigenvalue weighted by Gasteiger charge is -2.15. The van der Waals surface area contributed by atoms with Crippen molar-refractivity contribution in [3.05, 3.63) is 47.3 Å². The first-order chi connectivity index (χ1) is 21.5. The minimum absolute atomic E-state index is 0.139. The molecule has 13 heteroatoms. The van der Waals surface area contributed by atoms with Crippen LogP contribution in [-0.4, -0.2) is 65.0 Å². The van der Waals surface area contributed by atoms with Gasteiger partial charge < -0.3 is 19.8 Å². The fraction of sp³-hybridized carbons (Fsp3) is 0.345. The number of carbonyl (C=O) groups excluding carboxylic acids is 1. The van der Waals surface area contributed by atoms with Crippen LogP contribution in [0.5, 0.6) is 5.88 Å². The summed E-state index contributed by atoms with van der Waals surface area (Å²) in [6.45, 7) is -2.43. The molecule has 0 radical (unpaired) electrons. The predicted molar refractivity (Wildman–Crippen MR) is 158 cm³/mol. The highest BCUT2D eigenvalue weighted by molar-refractivity contribution is 6.15. The summed E-state index contributed by atoms with van der Waals surface area (Å²) in [6.07, 6.45) is 6.49. The molecule has 216 valence electrons. The van der Waals surface area contributed by atoms with E-state index in [1.807, 2.05) is 22.9 Å². The molecule has 1 aromatic carbocycles. The summed E-state index contributed by atoms with van der Waals surface area (Å²) in [6, 6.07) is 5.14. The van der Waals surface area contributed by atoms with Crippen molar-refractivity contribution in [2.24, 2.45) is 21.1 Å². The molecule has 2 N–H and O–H groups in total. The lowest BCUT2D eigenvalue weighted by atomic mass is 9.98. The summed E-state index contributed by atoms with van der Waals surface area (Å²) in [7, 11) is 6.40. The Hall–Kier alpha value is -5.07. The van der Waals surface area contributed by atoms with Crippen molar-refractivity contribution < 1.29 is 18.4 Å². The second-order valence-corrected chi connectivity index (χ2v) is 10.7. The van der Waals surface area contributed by atoms with Gasteiger partial charge in [0.15, 0.2) is 0 Å². The Kier molecular flexibility index (Phi) is 5.11. The Balaban J connectivity index is 1.52. The highest BCUT2D eigenvalue weighted by Gasteiger charge is 2.32. The van der Waals surface area contributed by atoms with Crippen molar-refractivity contribution in [3.8, 4) is 28.3 Å². The van der Waals surface area contributed by atoms with Gasteiger partial charge in [0, 0.05) is 54.4 Å². The number of nitrogens with zero attached hydrogens (tertiary/aromatic N) is 7. The number of alkyl carbamates (subject to hydrolysis) is 1. The van der Waals surface area contributed by atoms with Crippen LogP contribution in [-0.2, 0) is 25.8 Å². The summed E-state index contributed by atoms with van der Waals surface area (Å²) in [5, 5.41) is 12.8. The van der Waals surface area contributed by atoms with Crippen LogP contribution < -0.4 is 15.7 Å². The van der Waals surface area contributed by atoms with E-state index in [0.29, 0.717) is 64.0 Å². The van der Waals surface area contributed by atoms with E-state index < -0.39 is 13.1 Å². The number of aromatic nitrogens is 8. The Bertz CT molecular complexity index is 2190. The normalized spacial score (nSPS) is 18.4. The molecular formula is C29H31N9O4. The molecule has 1 aliphatic carbocycles. The number of aromatic amines is 1. The van der Waals surface area contributed by atoms with Crippen LogP contribution in [0.3, 0.4) is 0 Å². The number of methoxy groups -OCH3 is 2. The number of carbonyl (C=O) groups is 1. The van der Waals surface area contributed by atoms with Crippen molar-refractivity contribution in [2.75, 3.05) is 14.2 Å². The van der Waals surface area contributed by atoms with Gasteiger partial charge in [0.05, 0.1) is 59.8 Å². The van der Waals surface area contributed by atoms with Gasteiger partial charge in [-0.3, -0.25) is 18.5 Å². The van der Waals surface area contributed by atoms with E-state index in [-0.39, 0.29) is 17.8 Å². The molecule has 5 aromatic heterocycles. The van der Waals surface area contributed by atoms with E-state index in [0.717, 1.165) is 21.2 Å². The molecule has 0 bridgehead atoms. The Morgan fingerprint density at radius 2 is 2.05 bits per heavy atom. The van der Waals surface area contributed by atoms with Crippen LogP contribution in [0.1, 0.15) is 29.4 Å². The zero-order chi connectivity index (χ0) is 31.8. The van der Waals surface area contributed by atoms with Gasteiger partial charge in [-0.25, -0.2) is 14.6 Å². The van der Waals surface area contributed by atoms with Crippen molar-refractivity contribution >= 4 is 39.1 Å². The minimum atomic E-state index is -2.43. The number of pyridine rings is 1. The third-order valence-corrected chi connectivity index (χ3v) is 8.26. The van der Waals surface area contributed by atoms with E-state index in [2.05, 4.69) is 20.5 Å². The van der Waals surface area contributed by atoms with Gasteiger partial charge in [-0.15, -0.1) is 5.10 Å². The zero-order valence-electron chi connectivity index (χ0n) is 26.5. The Labute approximate surface area is 243 Å². The molecule has 5 heterocycles. The number of ether oxygens (including phenoxy) is 2. The van der Waals surface area contributed by atoms with E-state index in [4.69, 9.17) is 18.6 Å². The maximum Gasteiger partial charge on any atom is 0.407 e. The summed E-state index contributed by atoms with van der Waals surface area (Å²) < 4.78 is 40.2. The molecule has 0 aliphatic heterocycles. The largest absolute Gasteiger partial charge is 0.479 e. The highest BCUT2D eigenvalue weighted by atomic mass is 16.5. The van der Waals surface area contributed by atoms with Crippen molar-refractivity contribution in [2.45, 2.75) is 31.3 Å². The number of fused-ring (bicyclic) bond motifs is 4. The smallest absolute Gasteiger partial charge is 0.407 e. The van der Waals surface area contributed by atoms with Gasteiger partial charge in [-0.2, -0.15) is 5.10 Å². The Morgan fingerprint density at radius 1 is 1.19 bits per heavy atom. The summed E-state index contributed by atoms with van der Waals surface area (Å²) in [5.41, 5.74) is 5.06. The lowest BCUT2D eigenvalue weighted by Crippen LogP contribution is -2.33. The SMILES string of the molecule is [2H]C([2H])([2H])n1ncc2cc(-c3c(-c4cn(C)nc4OC)[nH]c4ncc5c(c34)n([C@@H]3CC[C@@H](NC(=O)OC)C3)c(=O)n5C)ccc21. The lowest BCUT2D eigenvalue weighted by molar-refractivity contribution is 0.166. The fourth-order valence-corrected chi connectivity index (χ4v) is 6.34. The highest BCUT2D eigenvalue weighted by Crippen LogP contribution is 2.44. The number of hydrogen-bond acceptors (Lipinski definition) is 7. The first-order valence-electron chi connectivity index (χ1n) is 15.0. The van der Waals surface area contributed by atoms with Gasteiger partial charge in [0.25, 0.3) is 0 Å². The molecule has 6 aromatic rings. The average molecular weight is 573 g/mol. The van der Waals surface area contributed by atoms with E-state index >= 15 is 0 Å². The van der Waals surface area contributed by atoms with Crippen LogP contribution in [0.15, 0.2) is 41.6 Å². The zero-order valence-corrected chi connectivity index (χ0v) is 23.5. The van der Waals surface area contributed by atoms with Gasteiger partial charge >= 0.3 is 11.8 Å². The standard InChI is InChI=1S/C29H31N9O4/c1-35-14-19(27(34-35)41-4)24-22(15-6-9-20-16(10-15)12-31-37(20)3)23-25-21(13-30-26(23)33-24)36(2)29(40)38(25)18-8-7-17(11-18)32-28(39)42-5/h6,9-10,12-14,17-18H,7-8,11H2,1-5H3,(H,30,33)(H,32,39)/t17-,18-/m1/s1/i3D3. The molecule has 13 nitrogen and oxygen atoms in total. The van der Waals surface area contributed by atoms with Gasteiger partial charge in [0.1, 0.15) is 5.65 Å². The number of hydrogen-bond donors (Lipinski definition) is 2. The first kappa shape index (κ1) is 22.6. The number of nitrogens with one attached hydrogen (secondary N) is 2. The molecule has 0 unspecified atom stereocenters. The molecule has 2 atom stereocenters. The average Bonchev–Trinajstić information content (AvgIpc) is 3.82. The summed E-state index contributed by atoms with van der Waals surface area (Å²) in [5.74, 6) is 0.399. The second kappa shape index (κ2) is 9.50. The molecule has 42 heavy (non-hydrogen) atoms. The van der Waals surface area contributed by atoms with Gasteiger partial charge in [0.2, 0.25) is 5.88 Å². The van der Waals surface area contributed by atoms with Crippen LogP contribution in [0.4, 0.5) is 4.79 Å². The van der Waals surface area contributed by atoms with E-state index in [9.17, 15) is 9.59 Å². The van der Waals surface area contributed by atoms with Crippen LogP contribution in [0.2, 0.25) is 0 Å². The van der Waals surface area contributed by atoms with Gasteiger partial charge in [-0.05, 0) is 37.0 Å². The Morgan fingerprint density at radius 3 is 2.83 bits per heavy atom. The molecule has 1 saturated carbocycles. The number of aryl methyl sites for hydroxylation is 3. The number of amides is 1. The number of benzene rings is 1. The minimum Gasteiger partial charge on any atom is -0.479 e. The van der Waals surface area contributed by atoms with Crippen LogP contribution in [0.25, 0.3) is 55.4 Å². The molecule has 7 rings (SSSR count). The molecule has 0 spiro atoms. The number of rotatable bonds is 5. The van der Waals surface area contributed by atoms with Crippen LogP contribution >= 0.6 is 0 Å². The molecule has 1 fully saturated rings. The second-order valence-electron chi connectivity index (χ2n) is 10.7. The molecule has 0 saturated heterocycles. The monoisotopic (exact) mass is 572 g/mol. The molecular weight excluding hydrogens is 538 g/mol. The molecule has 1 aliphatic rings. The van der Waals surface area contributed by atoms with Crippen molar-refractivity contribution in [1.29, 1.82) is 0 Å². The maximum atomic E-state index is 13.9. The third-order valence-electron chi connectivity index (χ3n) is 8.26. The molecule has 1 amide bonds. The quantitative estimate of drug-likeness (QED) is 0.322. The fourth-order valence-electron chi connectivity index (χ4n) is 6.34.